The molecule has 0 aromatic heterocycles. The van der Waals surface area contributed by atoms with Gasteiger partial charge in [-0.15, -0.1) is 0 Å². The van der Waals surface area contributed by atoms with Gasteiger partial charge in [0, 0.05) is 5.92 Å². The van der Waals surface area contributed by atoms with Gasteiger partial charge in [0.2, 0.25) is 0 Å². The van der Waals surface area contributed by atoms with E-state index in [0.29, 0.717) is 18.1 Å². The van der Waals surface area contributed by atoms with E-state index < -0.39 is 29.1 Å². The number of carbonyl (C=O) groups is 1. The molecule has 1 aliphatic carbocycles. The predicted molar refractivity (Wildman–Crippen MR) is 103 cm³/mol. The first-order valence-corrected chi connectivity index (χ1v) is 9.40. The Kier molecular flexibility index (Phi) is 5.88. The van der Waals surface area contributed by atoms with Crippen LogP contribution >= 0.6 is 0 Å². The van der Waals surface area contributed by atoms with E-state index in [1.54, 1.807) is 44.2 Å². The molecule has 0 aliphatic heterocycles. The van der Waals surface area contributed by atoms with Crippen molar-refractivity contribution in [2.24, 2.45) is 5.92 Å². The fraction of sp³-hybridized carbons (Fsp3) is 0.348. The highest BCUT2D eigenvalue weighted by Gasteiger charge is 2.37. The van der Waals surface area contributed by atoms with E-state index in [1.807, 2.05) is 0 Å². The van der Waals surface area contributed by atoms with Gasteiger partial charge >= 0.3 is 12.1 Å². The maximum absolute atomic E-state index is 13.5. The fourth-order valence-electron chi connectivity index (χ4n) is 2.53. The van der Waals surface area contributed by atoms with Gasteiger partial charge in [-0.3, -0.25) is 0 Å². The second-order valence-corrected chi connectivity index (χ2v) is 7.14. The fourth-order valence-corrected chi connectivity index (χ4v) is 2.53. The topological polar surface area (TPSA) is 35.5 Å². The number of benzene rings is 2. The van der Waals surface area contributed by atoms with E-state index >= 15 is 0 Å². The van der Waals surface area contributed by atoms with Crippen LogP contribution in [0.1, 0.15) is 49.0 Å². The van der Waals surface area contributed by atoms with Crippen LogP contribution in [0.25, 0.3) is 0 Å². The van der Waals surface area contributed by atoms with E-state index in [-0.39, 0.29) is 5.56 Å². The van der Waals surface area contributed by atoms with E-state index in [1.165, 1.54) is 0 Å². The zero-order valence-electron chi connectivity index (χ0n) is 16.2. The largest absolute Gasteiger partial charge is 0.474 e. The van der Waals surface area contributed by atoms with E-state index in [2.05, 4.69) is 11.8 Å². The zero-order chi connectivity index (χ0) is 21.1. The summed E-state index contributed by atoms with van der Waals surface area (Å²) in [5, 5.41) is 0. The summed E-state index contributed by atoms with van der Waals surface area (Å²) >= 11 is 0. The molecule has 2 aromatic rings. The second-order valence-electron chi connectivity index (χ2n) is 7.14. The van der Waals surface area contributed by atoms with Crippen molar-refractivity contribution in [1.29, 1.82) is 0 Å². The van der Waals surface area contributed by atoms with Crippen LogP contribution in [0.5, 0.6) is 11.5 Å². The average molecular weight is 402 g/mol. The highest BCUT2D eigenvalue weighted by molar-refractivity contribution is 5.91. The van der Waals surface area contributed by atoms with Crippen molar-refractivity contribution in [1.82, 2.24) is 0 Å². The number of esters is 1. The summed E-state index contributed by atoms with van der Waals surface area (Å²) < 4.78 is 51.4. The zero-order valence-corrected chi connectivity index (χ0v) is 16.2. The molecule has 0 bridgehead atoms. The van der Waals surface area contributed by atoms with Crippen molar-refractivity contribution in [2.45, 2.75) is 44.9 Å². The Hall–Kier alpha value is -2.94. The van der Waals surface area contributed by atoms with Crippen LogP contribution < -0.4 is 9.47 Å². The molecule has 1 aliphatic rings. The average Bonchev–Trinajstić information content (AvgIpc) is 3.51. The Balaban J connectivity index is 1.91. The Labute approximate surface area is 167 Å². The monoisotopic (exact) mass is 402 g/mol. The minimum absolute atomic E-state index is 0.0366. The van der Waals surface area contributed by atoms with Crippen molar-refractivity contribution in [2.75, 3.05) is 0 Å². The van der Waals surface area contributed by atoms with E-state index in [9.17, 15) is 18.0 Å². The number of alkyl halides is 3. The summed E-state index contributed by atoms with van der Waals surface area (Å²) in [7, 11) is 0. The van der Waals surface area contributed by atoms with Gasteiger partial charge in [-0.25, -0.2) is 4.79 Å². The minimum Gasteiger partial charge on any atom is -0.474 e. The summed E-state index contributed by atoms with van der Waals surface area (Å²) in [6.07, 6.45) is -2.23. The van der Waals surface area contributed by atoms with Crippen LogP contribution in [0, 0.1) is 17.8 Å². The highest BCUT2D eigenvalue weighted by Crippen LogP contribution is 2.39. The van der Waals surface area contributed by atoms with Crippen molar-refractivity contribution < 1.29 is 27.4 Å². The molecule has 0 radical (unpaired) electrons. The normalized spacial score (nSPS) is 15.6. The first kappa shape index (κ1) is 20.8. The Bertz CT molecular complexity index is 937. The molecule has 3 rings (SSSR count). The quantitative estimate of drug-likeness (QED) is 0.356. The molecule has 3 nitrogen and oxygen atoms in total. The molecule has 0 amide bonds. The number of hydrogen-bond acceptors (Lipinski definition) is 3. The Morgan fingerprint density at radius 1 is 1.14 bits per heavy atom. The minimum atomic E-state index is -4.63. The van der Waals surface area contributed by atoms with Crippen LogP contribution in [0.3, 0.4) is 0 Å². The number of rotatable bonds is 5. The van der Waals surface area contributed by atoms with Gasteiger partial charge in [-0.05, 0) is 56.5 Å². The summed E-state index contributed by atoms with van der Waals surface area (Å²) in [5.41, 5.74) is -2.09. The van der Waals surface area contributed by atoms with Gasteiger partial charge < -0.3 is 9.47 Å². The number of para-hydroxylation sites is 1. The van der Waals surface area contributed by atoms with Crippen LogP contribution in [0.2, 0.25) is 0 Å². The third-order valence-corrected chi connectivity index (χ3v) is 4.60. The standard InChI is InChI=1S/C23H21F3O3/c1-3-22(2,14-13-16-9-10-16)29-20-15-17(11-12-19(20)23(24,25)26)21(27)28-18-7-5-4-6-8-18/h4-8,11-12,15-16H,3,9-10H2,1-2H3. The van der Waals surface area contributed by atoms with E-state index in [4.69, 9.17) is 9.47 Å². The SMILES string of the molecule is CCC(C)(C#CC1CC1)Oc1cc(C(=O)Oc2ccccc2)ccc1C(F)(F)F. The lowest BCUT2D eigenvalue weighted by atomic mass is 10.0. The molecular formula is C23H21F3O3. The lowest BCUT2D eigenvalue weighted by molar-refractivity contribution is -0.139. The molecule has 1 unspecified atom stereocenters. The van der Waals surface area contributed by atoms with Crippen LogP contribution in [0.15, 0.2) is 48.5 Å². The van der Waals surface area contributed by atoms with Gasteiger partial charge in [0.25, 0.3) is 0 Å². The molecule has 2 aromatic carbocycles. The lowest BCUT2D eigenvalue weighted by Gasteiger charge is -2.26. The molecule has 1 fully saturated rings. The number of hydrogen-bond donors (Lipinski definition) is 0. The molecule has 0 saturated heterocycles. The molecule has 0 spiro atoms. The number of ether oxygens (including phenoxy) is 2. The van der Waals surface area contributed by atoms with Gasteiger partial charge in [0.1, 0.15) is 11.5 Å². The van der Waals surface area contributed by atoms with Crippen molar-refractivity contribution in [3.8, 4) is 23.3 Å². The molecule has 1 atom stereocenters. The highest BCUT2D eigenvalue weighted by atomic mass is 19.4. The van der Waals surface area contributed by atoms with Crippen LogP contribution in [0.4, 0.5) is 13.2 Å². The summed E-state index contributed by atoms with van der Waals surface area (Å²) in [5.74, 6) is 5.40. The third-order valence-electron chi connectivity index (χ3n) is 4.60. The summed E-state index contributed by atoms with van der Waals surface area (Å²) in [6, 6.07) is 11.3. The maximum Gasteiger partial charge on any atom is 0.419 e. The van der Waals surface area contributed by atoms with Gasteiger partial charge in [0.15, 0.2) is 5.60 Å². The molecule has 29 heavy (non-hydrogen) atoms. The van der Waals surface area contributed by atoms with Gasteiger partial charge in [-0.1, -0.05) is 37.0 Å². The molecule has 0 heterocycles. The smallest absolute Gasteiger partial charge is 0.419 e. The Morgan fingerprint density at radius 3 is 2.41 bits per heavy atom. The molecule has 152 valence electrons. The Morgan fingerprint density at radius 2 is 1.83 bits per heavy atom. The number of halogens is 3. The molecular weight excluding hydrogens is 381 g/mol. The lowest BCUT2D eigenvalue weighted by Crippen LogP contribution is -2.31. The molecule has 1 saturated carbocycles. The first-order chi connectivity index (χ1) is 13.7. The van der Waals surface area contributed by atoms with Crippen molar-refractivity contribution in [3.63, 3.8) is 0 Å². The van der Waals surface area contributed by atoms with Crippen molar-refractivity contribution >= 4 is 5.97 Å². The summed E-state index contributed by atoms with van der Waals surface area (Å²) in [4.78, 5) is 12.4. The molecule has 6 heteroatoms. The van der Waals surface area contributed by atoms with Crippen LogP contribution in [-0.4, -0.2) is 11.6 Å². The second kappa shape index (κ2) is 8.20. The first-order valence-electron chi connectivity index (χ1n) is 9.40. The van der Waals surface area contributed by atoms with Gasteiger partial charge in [-0.2, -0.15) is 13.2 Å². The van der Waals surface area contributed by atoms with E-state index in [0.717, 1.165) is 31.0 Å². The maximum atomic E-state index is 13.5. The molecule has 0 N–H and O–H groups in total. The predicted octanol–water partition coefficient (Wildman–Crippen LogP) is 5.89. The summed E-state index contributed by atoms with van der Waals surface area (Å²) in [6.45, 7) is 3.44. The van der Waals surface area contributed by atoms with Gasteiger partial charge in [0.05, 0.1) is 11.1 Å². The third kappa shape index (κ3) is 5.54. The van der Waals surface area contributed by atoms with Crippen molar-refractivity contribution in [3.05, 3.63) is 59.7 Å². The number of carbonyl (C=O) groups excluding carboxylic acids is 1. The van der Waals surface area contributed by atoms with Crippen LogP contribution in [-0.2, 0) is 6.18 Å².